The molecule has 0 aromatic heterocycles. The average Bonchev–Trinajstić information content (AvgIpc) is 2.60. The number of benzene rings is 2. The van der Waals surface area contributed by atoms with Crippen molar-refractivity contribution in [1.29, 1.82) is 0 Å². The Bertz CT molecular complexity index is 840. The van der Waals surface area contributed by atoms with Gasteiger partial charge in [0.15, 0.2) is 0 Å². The van der Waals surface area contributed by atoms with Gasteiger partial charge in [-0.25, -0.2) is 12.8 Å². The first kappa shape index (κ1) is 20.2. The van der Waals surface area contributed by atoms with Crippen molar-refractivity contribution in [3.8, 4) is 5.75 Å². The first-order chi connectivity index (χ1) is 12.3. The summed E-state index contributed by atoms with van der Waals surface area (Å²) in [4.78, 5) is 11.7. The third-order valence-corrected chi connectivity index (χ3v) is 5.37. The smallest absolute Gasteiger partial charge is 0.321 e. The van der Waals surface area contributed by atoms with Gasteiger partial charge in [-0.1, -0.05) is 11.6 Å². The maximum absolute atomic E-state index is 12.9. The van der Waals surface area contributed by atoms with Crippen LogP contribution in [0.1, 0.15) is 0 Å². The van der Waals surface area contributed by atoms with Crippen molar-refractivity contribution >= 4 is 27.6 Å². The molecule has 0 radical (unpaired) electrons. The van der Waals surface area contributed by atoms with E-state index in [9.17, 15) is 17.6 Å². The minimum Gasteiger partial charge on any atom is -0.490 e. The molecule has 0 amide bonds. The van der Waals surface area contributed by atoms with Crippen LogP contribution in [0.3, 0.4) is 0 Å². The summed E-state index contributed by atoms with van der Waals surface area (Å²) >= 11 is 5.75. The number of carbonyl (C=O) groups is 1. The van der Waals surface area contributed by atoms with Gasteiger partial charge in [-0.05, 0) is 48.5 Å². The molecule has 0 unspecified atom stereocenters. The van der Waals surface area contributed by atoms with E-state index < -0.39 is 28.4 Å². The van der Waals surface area contributed by atoms with E-state index in [0.717, 1.165) is 28.6 Å². The molecule has 0 saturated heterocycles. The van der Waals surface area contributed by atoms with E-state index in [1.165, 1.54) is 7.05 Å². The first-order valence-corrected chi connectivity index (χ1v) is 9.37. The van der Waals surface area contributed by atoms with Gasteiger partial charge in [0.2, 0.25) is 10.0 Å². The van der Waals surface area contributed by atoms with Crippen molar-refractivity contribution in [2.24, 2.45) is 0 Å². The molecule has 9 heteroatoms. The van der Waals surface area contributed by atoms with Crippen LogP contribution in [-0.4, -0.2) is 45.5 Å². The summed E-state index contributed by atoms with van der Waals surface area (Å²) in [7, 11) is -2.67. The molecule has 0 bridgehead atoms. The Balaban J connectivity index is 1.79. The van der Waals surface area contributed by atoms with Crippen LogP contribution in [0.4, 0.5) is 4.39 Å². The lowest BCUT2D eigenvalue weighted by Gasteiger charge is -2.16. The quantitative estimate of drug-likeness (QED) is 0.502. The summed E-state index contributed by atoms with van der Waals surface area (Å²) < 4.78 is 48.6. The molecule has 2 aromatic carbocycles. The van der Waals surface area contributed by atoms with Gasteiger partial charge in [0.25, 0.3) is 0 Å². The van der Waals surface area contributed by atoms with Crippen LogP contribution in [0.25, 0.3) is 0 Å². The Kier molecular flexibility index (Phi) is 6.96. The van der Waals surface area contributed by atoms with E-state index in [1.54, 1.807) is 24.3 Å². The van der Waals surface area contributed by atoms with Gasteiger partial charge in [-0.15, -0.1) is 0 Å². The fourth-order valence-electron chi connectivity index (χ4n) is 1.94. The number of hydrogen-bond acceptors (Lipinski definition) is 5. The third kappa shape index (κ3) is 5.69. The molecular weight excluding hydrogens is 385 g/mol. The van der Waals surface area contributed by atoms with Crippen molar-refractivity contribution in [1.82, 2.24) is 4.31 Å². The van der Waals surface area contributed by atoms with Crippen LogP contribution >= 0.6 is 11.6 Å². The van der Waals surface area contributed by atoms with Crippen LogP contribution < -0.4 is 4.74 Å². The molecule has 0 heterocycles. The summed E-state index contributed by atoms with van der Waals surface area (Å²) in [6, 6.07) is 11.0. The second-order valence-corrected chi connectivity index (χ2v) is 7.72. The molecule has 2 aromatic rings. The molecule has 0 N–H and O–H groups in total. The number of likely N-dealkylation sites (N-methyl/N-ethyl adjacent to an activating group) is 1. The van der Waals surface area contributed by atoms with Gasteiger partial charge in [0, 0.05) is 12.1 Å². The first-order valence-electron chi connectivity index (χ1n) is 7.55. The summed E-state index contributed by atoms with van der Waals surface area (Å²) in [5.74, 6) is -0.703. The van der Waals surface area contributed by atoms with Gasteiger partial charge < -0.3 is 9.47 Å². The maximum Gasteiger partial charge on any atom is 0.321 e. The molecule has 0 aliphatic heterocycles. The van der Waals surface area contributed by atoms with Crippen molar-refractivity contribution in [2.45, 2.75) is 4.90 Å². The van der Waals surface area contributed by atoms with Gasteiger partial charge in [-0.3, -0.25) is 4.79 Å². The Hall–Kier alpha value is -2.16. The van der Waals surface area contributed by atoms with Crippen LogP contribution in [0.5, 0.6) is 5.75 Å². The highest BCUT2D eigenvalue weighted by Crippen LogP contribution is 2.16. The van der Waals surface area contributed by atoms with E-state index in [2.05, 4.69) is 0 Å². The second kappa shape index (κ2) is 8.98. The predicted molar refractivity (Wildman–Crippen MR) is 94.1 cm³/mol. The van der Waals surface area contributed by atoms with Crippen LogP contribution in [0, 0.1) is 5.82 Å². The lowest BCUT2D eigenvalue weighted by atomic mass is 10.3. The predicted octanol–water partition coefficient (Wildman–Crippen LogP) is 2.72. The Labute approximate surface area is 156 Å². The van der Waals surface area contributed by atoms with Gasteiger partial charge in [0.1, 0.15) is 31.3 Å². The molecule has 26 heavy (non-hydrogen) atoms. The lowest BCUT2D eigenvalue weighted by molar-refractivity contribution is -0.144. The standard InChI is InChI=1S/C17H17ClFNO5S/c1-20(26(22,23)16-8-4-14(19)5-9-16)12-17(21)25-11-10-24-15-6-2-13(18)3-7-15/h2-9H,10-12H2,1H3. The molecule has 0 fully saturated rings. The van der Waals surface area contributed by atoms with Crippen molar-refractivity contribution < 1.29 is 27.1 Å². The second-order valence-electron chi connectivity index (χ2n) is 5.24. The van der Waals surface area contributed by atoms with Crippen LogP contribution in [0.2, 0.25) is 5.02 Å². The summed E-state index contributed by atoms with van der Waals surface area (Å²) in [5.41, 5.74) is 0. The molecule has 6 nitrogen and oxygen atoms in total. The highest BCUT2D eigenvalue weighted by molar-refractivity contribution is 7.89. The molecule has 0 spiro atoms. The number of hydrogen-bond donors (Lipinski definition) is 0. The largest absolute Gasteiger partial charge is 0.490 e. The highest BCUT2D eigenvalue weighted by atomic mass is 35.5. The fourth-order valence-corrected chi connectivity index (χ4v) is 3.19. The zero-order valence-corrected chi connectivity index (χ0v) is 15.5. The summed E-state index contributed by atoms with van der Waals surface area (Å²) in [6.45, 7) is -0.394. The molecule has 0 aliphatic rings. The van der Waals surface area contributed by atoms with Crippen LogP contribution in [0.15, 0.2) is 53.4 Å². The van der Waals surface area contributed by atoms with Crippen molar-refractivity contribution in [3.05, 3.63) is 59.4 Å². The van der Waals surface area contributed by atoms with Crippen LogP contribution in [-0.2, 0) is 19.6 Å². The third-order valence-electron chi connectivity index (χ3n) is 3.30. The van der Waals surface area contributed by atoms with Crippen molar-refractivity contribution in [2.75, 3.05) is 26.8 Å². The normalized spacial score (nSPS) is 11.4. The monoisotopic (exact) mass is 401 g/mol. The maximum atomic E-state index is 12.9. The number of sulfonamides is 1. The fraction of sp³-hybridized carbons (Fsp3) is 0.235. The molecule has 0 atom stereocenters. The molecular formula is C17H17ClFNO5S. The summed E-state index contributed by atoms with van der Waals surface area (Å²) in [6.07, 6.45) is 0. The minimum absolute atomic E-state index is 0.0358. The number of carbonyl (C=O) groups excluding carboxylic acids is 1. The van der Waals surface area contributed by atoms with E-state index in [-0.39, 0.29) is 18.1 Å². The average molecular weight is 402 g/mol. The molecule has 2 rings (SSSR count). The van der Waals surface area contributed by atoms with E-state index in [4.69, 9.17) is 21.1 Å². The Morgan fingerprint density at radius 3 is 2.31 bits per heavy atom. The zero-order chi connectivity index (χ0) is 19.2. The van der Waals surface area contributed by atoms with Gasteiger partial charge in [0.05, 0.1) is 4.90 Å². The van der Waals surface area contributed by atoms with E-state index in [1.807, 2.05) is 0 Å². The number of rotatable bonds is 8. The van der Waals surface area contributed by atoms with Gasteiger partial charge in [-0.2, -0.15) is 4.31 Å². The van der Waals surface area contributed by atoms with Gasteiger partial charge >= 0.3 is 5.97 Å². The minimum atomic E-state index is -3.91. The summed E-state index contributed by atoms with van der Waals surface area (Å²) in [5, 5.41) is 0.578. The van der Waals surface area contributed by atoms with E-state index >= 15 is 0 Å². The molecule has 140 valence electrons. The Morgan fingerprint density at radius 1 is 1.08 bits per heavy atom. The Morgan fingerprint density at radius 2 is 1.69 bits per heavy atom. The lowest BCUT2D eigenvalue weighted by Crippen LogP contribution is -2.33. The zero-order valence-electron chi connectivity index (χ0n) is 13.9. The van der Waals surface area contributed by atoms with Crippen molar-refractivity contribution in [3.63, 3.8) is 0 Å². The SMILES string of the molecule is CN(CC(=O)OCCOc1ccc(Cl)cc1)S(=O)(=O)c1ccc(F)cc1. The number of nitrogens with zero attached hydrogens (tertiary/aromatic N) is 1. The molecule has 0 saturated carbocycles. The number of halogens is 2. The van der Waals surface area contributed by atoms with E-state index in [0.29, 0.717) is 10.8 Å². The topological polar surface area (TPSA) is 72.9 Å². The number of ether oxygens (including phenoxy) is 2. The number of esters is 1. The molecule has 0 aliphatic carbocycles. The highest BCUT2D eigenvalue weighted by Gasteiger charge is 2.23.